The summed E-state index contributed by atoms with van der Waals surface area (Å²) in [4.78, 5) is 18.8. The number of nitrogens with zero attached hydrogens (tertiary/aromatic N) is 6. The Hall–Kier alpha value is -3.00. The van der Waals surface area contributed by atoms with Crippen LogP contribution in [0.1, 0.15) is 23.1 Å². The number of hydrogen-bond acceptors (Lipinski definition) is 5. The van der Waals surface area contributed by atoms with Crippen molar-refractivity contribution in [2.75, 3.05) is 11.9 Å². The highest BCUT2D eigenvalue weighted by atomic mass is 16.2. The number of hydrogen-bond donors (Lipinski definition) is 1. The van der Waals surface area contributed by atoms with Gasteiger partial charge in [0.05, 0.1) is 18.8 Å². The number of para-hydroxylation sites is 1. The van der Waals surface area contributed by atoms with E-state index in [9.17, 15) is 4.79 Å². The lowest BCUT2D eigenvalue weighted by Crippen LogP contribution is -2.41. The van der Waals surface area contributed by atoms with E-state index < -0.39 is 0 Å². The number of fused-ring (bicyclic) bond motifs is 1. The molecule has 1 aliphatic heterocycles. The fourth-order valence-electron chi connectivity index (χ4n) is 3.20. The van der Waals surface area contributed by atoms with E-state index in [0.29, 0.717) is 11.7 Å². The molecule has 0 fully saturated rings. The van der Waals surface area contributed by atoms with Crippen LogP contribution in [0.25, 0.3) is 0 Å². The van der Waals surface area contributed by atoms with Crippen LogP contribution in [0, 0.1) is 0 Å². The fraction of sp³-hybridized carbons (Fsp3) is 0.333. The number of aromatic nitrogens is 5. The van der Waals surface area contributed by atoms with Crippen molar-refractivity contribution < 1.29 is 4.79 Å². The van der Waals surface area contributed by atoms with Crippen molar-refractivity contribution in [3.63, 3.8) is 0 Å². The zero-order valence-corrected chi connectivity index (χ0v) is 14.6. The summed E-state index contributed by atoms with van der Waals surface area (Å²) in [6.45, 7) is 5.40. The van der Waals surface area contributed by atoms with Gasteiger partial charge in [0, 0.05) is 24.8 Å². The van der Waals surface area contributed by atoms with Gasteiger partial charge in [-0.15, -0.1) is 0 Å². The van der Waals surface area contributed by atoms with Gasteiger partial charge in [-0.1, -0.05) is 18.2 Å². The number of nitrogens with one attached hydrogen (secondary N) is 1. The standard InChI is InChI=1S/C18H21N7O/c1-14(10-24-13-19-12-20-24)23-7-8-25-16(11-23)9-17(22-25)18(26)21-15-5-3-2-4-6-15/h2-6,9,12-14H,7-8,10-11H2,1H3,(H,21,26)/t14-/m1/s1. The summed E-state index contributed by atoms with van der Waals surface area (Å²) in [5, 5.41) is 11.5. The molecule has 2 aromatic heterocycles. The molecule has 1 amide bonds. The van der Waals surface area contributed by atoms with Crippen LogP contribution in [0.15, 0.2) is 49.1 Å². The van der Waals surface area contributed by atoms with Gasteiger partial charge in [0.2, 0.25) is 0 Å². The minimum absolute atomic E-state index is 0.180. The zero-order chi connectivity index (χ0) is 17.9. The van der Waals surface area contributed by atoms with E-state index >= 15 is 0 Å². The molecule has 1 N–H and O–H groups in total. The molecule has 4 rings (SSSR count). The average Bonchev–Trinajstić information content (AvgIpc) is 3.31. The van der Waals surface area contributed by atoms with Gasteiger partial charge >= 0.3 is 0 Å². The summed E-state index contributed by atoms with van der Waals surface area (Å²) < 4.78 is 3.77. The molecule has 3 heterocycles. The van der Waals surface area contributed by atoms with Gasteiger partial charge in [-0.05, 0) is 25.1 Å². The van der Waals surface area contributed by atoms with Crippen molar-refractivity contribution in [1.82, 2.24) is 29.4 Å². The van der Waals surface area contributed by atoms with Crippen LogP contribution >= 0.6 is 0 Å². The summed E-state index contributed by atoms with van der Waals surface area (Å²) in [5.41, 5.74) is 2.28. The predicted molar refractivity (Wildman–Crippen MR) is 96.5 cm³/mol. The van der Waals surface area contributed by atoms with Crippen molar-refractivity contribution in [3.05, 3.63) is 60.4 Å². The number of amides is 1. The van der Waals surface area contributed by atoms with Crippen molar-refractivity contribution in [2.24, 2.45) is 0 Å². The van der Waals surface area contributed by atoms with Crippen LogP contribution in [0.2, 0.25) is 0 Å². The first-order valence-electron chi connectivity index (χ1n) is 8.68. The average molecular weight is 351 g/mol. The first kappa shape index (κ1) is 16.5. The molecule has 8 nitrogen and oxygen atoms in total. The number of carbonyl (C=O) groups is 1. The fourth-order valence-corrected chi connectivity index (χ4v) is 3.20. The maximum absolute atomic E-state index is 12.4. The first-order valence-corrected chi connectivity index (χ1v) is 8.68. The van der Waals surface area contributed by atoms with E-state index in [1.54, 1.807) is 12.7 Å². The summed E-state index contributed by atoms with van der Waals surface area (Å²) in [6.07, 6.45) is 3.28. The maximum atomic E-state index is 12.4. The molecule has 1 aliphatic rings. The number of rotatable bonds is 5. The molecule has 0 radical (unpaired) electrons. The molecule has 0 bridgehead atoms. The van der Waals surface area contributed by atoms with Gasteiger partial charge in [0.25, 0.3) is 5.91 Å². The van der Waals surface area contributed by atoms with Gasteiger partial charge in [0.1, 0.15) is 12.7 Å². The van der Waals surface area contributed by atoms with Gasteiger partial charge in [-0.3, -0.25) is 19.1 Å². The van der Waals surface area contributed by atoms with Crippen LogP contribution in [0.5, 0.6) is 0 Å². The minimum Gasteiger partial charge on any atom is -0.321 e. The van der Waals surface area contributed by atoms with E-state index in [-0.39, 0.29) is 5.91 Å². The van der Waals surface area contributed by atoms with E-state index in [2.05, 4.69) is 32.3 Å². The summed E-state index contributed by atoms with van der Waals surface area (Å²) in [6, 6.07) is 11.6. The lowest BCUT2D eigenvalue weighted by Gasteiger charge is -2.32. The Morgan fingerprint density at radius 3 is 2.88 bits per heavy atom. The molecule has 1 aromatic carbocycles. The number of anilines is 1. The van der Waals surface area contributed by atoms with E-state index in [4.69, 9.17) is 0 Å². The van der Waals surface area contributed by atoms with Gasteiger partial charge in [0.15, 0.2) is 5.69 Å². The highest BCUT2D eigenvalue weighted by Crippen LogP contribution is 2.17. The molecule has 0 aliphatic carbocycles. The van der Waals surface area contributed by atoms with Crippen LogP contribution < -0.4 is 5.32 Å². The predicted octanol–water partition coefficient (Wildman–Crippen LogP) is 1.63. The Morgan fingerprint density at radius 1 is 1.27 bits per heavy atom. The topological polar surface area (TPSA) is 80.9 Å². The Labute approximate surface area is 151 Å². The van der Waals surface area contributed by atoms with E-state index in [1.165, 1.54) is 0 Å². The molecule has 0 unspecified atom stereocenters. The van der Waals surface area contributed by atoms with E-state index in [1.807, 2.05) is 45.8 Å². The molecule has 26 heavy (non-hydrogen) atoms. The zero-order valence-electron chi connectivity index (χ0n) is 14.6. The highest BCUT2D eigenvalue weighted by molar-refractivity contribution is 6.02. The molecule has 0 saturated heterocycles. The molecular formula is C18H21N7O. The normalized spacial score (nSPS) is 15.4. The Morgan fingerprint density at radius 2 is 2.12 bits per heavy atom. The quantitative estimate of drug-likeness (QED) is 0.756. The Bertz CT molecular complexity index is 872. The van der Waals surface area contributed by atoms with Crippen molar-refractivity contribution in [3.8, 4) is 0 Å². The monoisotopic (exact) mass is 351 g/mol. The van der Waals surface area contributed by atoms with Gasteiger partial charge in [-0.2, -0.15) is 10.2 Å². The Balaban J connectivity index is 1.42. The molecule has 0 saturated carbocycles. The molecule has 3 aromatic rings. The highest BCUT2D eigenvalue weighted by Gasteiger charge is 2.24. The van der Waals surface area contributed by atoms with Crippen molar-refractivity contribution in [2.45, 2.75) is 32.6 Å². The molecule has 8 heteroatoms. The third-order valence-corrected chi connectivity index (χ3v) is 4.63. The van der Waals surface area contributed by atoms with Crippen LogP contribution in [0.3, 0.4) is 0 Å². The summed E-state index contributed by atoms with van der Waals surface area (Å²) >= 11 is 0. The van der Waals surface area contributed by atoms with Crippen LogP contribution in [-0.4, -0.2) is 47.9 Å². The largest absolute Gasteiger partial charge is 0.321 e. The van der Waals surface area contributed by atoms with Crippen LogP contribution in [-0.2, 0) is 19.6 Å². The van der Waals surface area contributed by atoms with Gasteiger partial charge < -0.3 is 5.32 Å². The lowest BCUT2D eigenvalue weighted by molar-refractivity contribution is 0.102. The smallest absolute Gasteiger partial charge is 0.276 e. The molecule has 0 spiro atoms. The van der Waals surface area contributed by atoms with Crippen molar-refractivity contribution >= 4 is 11.6 Å². The Kier molecular flexibility index (Phi) is 4.49. The summed E-state index contributed by atoms with van der Waals surface area (Å²) in [7, 11) is 0. The van der Waals surface area contributed by atoms with Gasteiger partial charge in [-0.25, -0.2) is 4.98 Å². The first-order chi connectivity index (χ1) is 12.7. The molecule has 134 valence electrons. The molecule has 1 atom stereocenters. The number of carbonyl (C=O) groups excluding carboxylic acids is 1. The second kappa shape index (κ2) is 7.09. The molecular weight excluding hydrogens is 330 g/mol. The lowest BCUT2D eigenvalue weighted by atomic mass is 10.2. The SMILES string of the molecule is C[C@H](Cn1cncn1)N1CCn2nc(C(=O)Nc3ccccc3)cc2C1. The number of benzene rings is 1. The third kappa shape index (κ3) is 3.50. The summed E-state index contributed by atoms with van der Waals surface area (Å²) in [5.74, 6) is -0.180. The van der Waals surface area contributed by atoms with E-state index in [0.717, 1.165) is 37.6 Å². The maximum Gasteiger partial charge on any atom is 0.276 e. The second-order valence-corrected chi connectivity index (χ2v) is 6.50. The third-order valence-electron chi connectivity index (χ3n) is 4.63. The minimum atomic E-state index is -0.180. The van der Waals surface area contributed by atoms with Crippen molar-refractivity contribution in [1.29, 1.82) is 0 Å². The van der Waals surface area contributed by atoms with Crippen LogP contribution in [0.4, 0.5) is 5.69 Å². The second-order valence-electron chi connectivity index (χ2n) is 6.50.